The molecule has 1 aliphatic rings. The van der Waals surface area contributed by atoms with Gasteiger partial charge in [0.25, 0.3) is 0 Å². The Kier molecular flexibility index (Phi) is 5.09. The van der Waals surface area contributed by atoms with Crippen molar-refractivity contribution in [2.24, 2.45) is 5.73 Å². The van der Waals surface area contributed by atoms with Crippen molar-refractivity contribution < 1.29 is 4.74 Å². The molecule has 0 aliphatic carbocycles. The molecular weight excluding hydrogens is 272 g/mol. The molecule has 1 aliphatic heterocycles. The molecule has 0 radical (unpaired) electrons. The highest BCUT2D eigenvalue weighted by atomic mass is 16.5. The van der Waals surface area contributed by atoms with E-state index in [4.69, 9.17) is 10.5 Å². The Labute approximate surface area is 132 Å². The molecule has 1 fully saturated rings. The molecule has 0 aromatic heterocycles. The number of hydrogen-bond donors (Lipinski definition) is 1. The van der Waals surface area contributed by atoms with Gasteiger partial charge in [0.1, 0.15) is 12.4 Å². The van der Waals surface area contributed by atoms with Crippen molar-refractivity contribution >= 4 is 0 Å². The fraction of sp³-hybridized carbons (Fsp3) is 0.368. The molecule has 2 aromatic rings. The standard InChI is InChI=1S/C19H24N2O/c20-17-10-12-21(13-11-17)14-15-22-19-9-5-4-8-18(19)16-6-2-1-3-7-16/h1-9,17H,10-15,20H2. The Morgan fingerprint density at radius 1 is 0.955 bits per heavy atom. The predicted octanol–water partition coefficient (Wildman–Crippen LogP) is 3.16. The fourth-order valence-electron chi connectivity index (χ4n) is 2.91. The van der Waals surface area contributed by atoms with E-state index in [1.807, 2.05) is 12.1 Å². The summed E-state index contributed by atoms with van der Waals surface area (Å²) in [4.78, 5) is 2.44. The average molecular weight is 296 g/mol. The molecule has 0 saturated carbocycles. The van der Waals surface area contributed by atoms with Crippen molar-refractivity contribution in [2.75, 3.05) is 26.2 Å². The number of piperidine rings is 1. The van der Waals surface area contributed by atoms with E-state index in [9.17, 15) is 0 Å². The van der Waals surface area contributed by atoms with Crippen LogP contribution in [0.15, 0.2) is 54.6 Å². The zero-order valence-corrected chi connectivity index (χ0v) is 12.9. The molecule has 3 nitrogen and oxygen atoms in total. The normalized spacial score (nSPS) is 16.6. The van der Waals surface area contributed by atoms with Gasteiger partial charge in [-0.15, -0.1) is 0 Å². The number of nitrogens with zero attached hydrogens (tertiary/aromatic N) is 1. The molecule has 2 aromatic carbocycles. The number of benzene rings is 2. The first-order chi connectivity index (χ1) is 10.8. The van der Waals surface area contributed by atoms with Gasteiger partial charge in [0.2, 0.25) is 0 Å². The number of para-hydroxylation sites is 1. The molecule has 0 amide bonds. The second kappa shape index (κ2) is 7.43. The van der Waals surface area contributed by atoms with E-state index < -0.39 is 0 Å². The highest BCUT2D eigenvalue weighted by molar-refractivity contribution is 5.70. The molecule has 0 spiro atoms. The van der Waals surface area contributed by atoms with Crippen LogP contribution in [0.1, 0.15) is 12.8 Å². The van der Waals surface area contributed by atoms with Gasteiger partial charge in [-0.2, -0.15) is 0 Å². The Morgan fingerprint density at radius 3 is 2.41 bits per heavy atom. The first-order valence-corrected chi connectivity index (χ1v) is 8.08. The summed E-state index contributed by atoms with van der Waals surface area (Å²) in [6, 6.07) is 19.0. The topological polar surface area (TPSA) is 38.5 Å². The summed E-state index contributed by atoms with van der Waals surface area (Å²) in [7, 11) is 0. The minimum atomic E-state index is 0.385. The summed E-state index contributed by atoms with van der Waals surface area (Å²) in [5.74, 6) is 0.961. The number of nitrogens with two attached hydrogens (primary N) is 1. The Hall–Kier alpha value is -1.84. The molecule has 22 heavy (non-hydrogen) atoms. The SMILES string of the molecule is NC1CCN(CCOc2ccccc2-c2ccccc2)CC1. The third kappa shape index (κ3) is 3.87. The van der Waals surface area contributed by atoms with Gasteiger partial charge in [0, 0.05) is 18.2 Å². The van der Waals surface area contributed by atoms with Crippen LogP contribution < -0.4 is 10.5 Å². The van der Waals surface area contributed by atoms with Gasteiger partial charge in [0.15, 0.2) is 0 Å². The third-order valence-corrected chi connectivity index (χ3v) is 4.27. The first-order valence-electron chi connectivity index (χ1n) is 8.08. The molecule has 0 atom stereocenters. The molecule has 0 bridgehead atoms. The van der Waals surface area contributed by atoms with Crippen molar-refractivity contribution in [3.8, 4) is 16.9 Å². The minimum absolute atomic E-state index is 0.385. The largest absolute Gasteiger partial charge is 0.492 e. The van der Waals surface area contributed by atoms with Crippen LogP contribution in [-0.2, 0) is 0 Å². The fourth-order valence-corrected chi connectivity index (χ4v) is 2.91. The molecule has 2 N–H and O–H groups in total. The maximum Gasteiger partial charge on any atom is 0.127 e. The lowest BCUT2D eigenvalue weighted by Crippen LogP contribution is -2.41. The molecule has 3 heteroatoms. The first kappa shape index (κ1) is 15.1. The van der Waals surface area contributed by atoms with Crippen LogP contribution in [0.5, 0.6) is 5.75 Å². The summed E-state index contributed by atoms with van der Waals surface area (Å²) >= 11 is 0. The van der Waals surface area contributed by atoms with E-state index >= 15 is 0 Å². The zero-order chi connectivity index (χ0) is 15.2. The van der Waals surface area contributed by atoms with Gasteiger partial charge < -0.3 is 10.5 Å². The van der Waals surface area contributed by atoms with E-state index in [0.29, 0.717) is 6.04 Å². The molecule has 116 valence electrons. The highest BCUT2D eigenvalue weighted by Crippen LogP contribution is 2.29. The number of hydrogen-bond acceptors (Lipinski definition) is 3. The van der Waals surface area contributed by atoms with Gasteiger partial charge >= 0.3 is 0 Å². The van der Waals surface area contributed by atoms with Crippen LogP contribution in [-0.4, -0.2) is 37.2 Å². The summed E-state index contributed by atoms with van der Waals surface area (Å²) in [5.41, 5.74) is 8.30. The third-order valence-electron chi connectivity index (χ3n) is 4.27. The average Bonchev–Trinajstić information content (AvgIpc) is 2.58. The van der Waals surface area contributed by atoms with Crippen LogP contribution in [0, 0.1) is 0 Å². The number of likely N-dealkylation sites (tertiary alicyclic amines) is 1. The summed E-state index contributed by atoms with van der Waals surface area (Å²) in [6.07, 6.45) is 2.20. The van der Waals surface area contributed by atoms with Crippen LogP contribution in [0.4, 0.5) is 0 Å². The summed E-state index contributed by atoms with van der Waals surface area (Å²) in [6.45, 7) is 3.87. The van der Waals surface area contributed by atoms with E-state index in [1.165, 1.54) is 5.56 Å². The van der Waals surface area contributed by atoms with Crippen molar-refractivity contribution in [2.45, 2.75) is 18.9 Å². The molecule has 3 rings (SSSR count). The number of rotatable bonds is 5. The van der Waals surface area contributed by atoms with E-state index in [-0.39, 0.29) is 0 Å². The quantitative estimate of drug-likeness (QED) is 0.921. The lowest BCUT2D eigenvalue weighted by Gasteiger charge is -2.29. The predicted molar refractivity (Wildman–Crippen MR) is 91.0 cm³/mol. The number of ether oxygens (including phenoxy) is 1. The Morgan fingerprint density at radius 2 is 1.64 bits per heavy atom. The molecule has 0 unspecified atom stereocenters. The second-order valence-corrected chi connectivity index (χ2v) is 5.89. The smallest absolute Gasteiger partial charge is 0.127 e. The summed E-state index contributed by atoms with van der Waals surface area (Å²) in [5, 5.41) is 0. The van der Waals surface area contributed by atoms with Crippen LogP contribution in [0.25, 0.3) is 11.1 Å². The molecule has 1 heterocycles. The van der Waals surface area contributed by atoms with Crippen LogP contribution in [0.3, 0.4) is 0 Å². The minimum Gasteiger partial charge on any atom is -0.492 e. The van der Waals surface area contributed by atoms with Gasteiger partial charge in [-0.1, -0.05) is 48.5 Å². The zero-order valence-electron chi connectivity index (χ0n) is 12.9. The Balaban J connectivity index is 1.59. The lowest BCUT2D eigenvalue weighted by molar-refractivity contribution is 0.174. The van der Waals surface area contributed by atoms with Gasteiger partial charge in [-0.05, 0) is 37.6 Å². The van der Waals surface area contributed by atoms with Gasteiger partial charge in [-0.25, -0.2) is 0 Å². The van der Waals surface area contributed by atoms with E-state index in [2.05, 4.69) is 47.4 Å². The lowest BCUT2D eigenvalue weighted by atomic mass is 10.1. The van der Waals surface area contributed by atoms with Gasteiger partial charge in [0.05, 0.1) is 0 Å². The van der Waals surface area contributed by atoms with Crippen molar-refractivity contribution in [3.05, 3.63) is 54.6 Å². The monoisotopic (exact) mass is 296 g/mol. The van der Waals surface area contributed by atoms with Crippen LogP contribution in [0.2, 0.25) is 0 Å². The second-order valence-electron chi connectivity index (χ2n) is 5.89. The summed E-state index contributed by atoms with van der Waals surface area (Å²) < 4.78 is 6.05. The van der Waals surface area contributed by atoms with Crippen molar-refractivity contribution in [1.29, 1.82) is 0 Å². The van der Waals surface area contributed by atoms with Crippen molar-refractivity contribution in [3.63, 3.8) is 0 Å². The Bertz CT molecular complexity index is 577. The molecular formula is C19H24N2O. The molecule has 1 saturated heterocycles. The van der Waals surface area contributed by atoms with E-state index in [1.54, 1.807) is 0 Å². The van der Waals surface area contributed by atoms with E-state index in [0.717, 1.165) is 50.4 Å². The van der Waals surface area contributed by atoms with Crippen molar-refractivity contribution in [1.82, 2.24) is 4.90 Å². The maximum absolute atomic E-state index is 6.05. The van der Waals surface area contributed by atoms with Crippen LogP contribution >= 0.6 is 0 Å². The maximum atomic E-state index is 6.05. The highest BCUT2D eigenvalue weighted by Gasteiger charge is 2.15. The van der Waals surface area contributed by atoms with Gasteiger partial charge in [-0.3, -0.25) is 4.90 Å².